The second-order valence-corrected chi connectivity index (χ2v) is 9.87. The third-order valence-corrected chi connectivity index (χ3v) is 9.01. The summed E-state index contributed by atoms with van der Waals surface area (Å²) in [6.45, 7) is 2.19. The van der Waals surface area contributed by atoms with E-state index in [-0.39, 0.29) is 23.8 Å². The molecule has 5 heterocycles. The summed E-state index contributed by atoms with van der Waals surface area (Å²) in [6, 6.07) is 7.50. The van der Waals surface area contributed by atoms with Gasteiger partial charge >= 0.3 is 0 Å². The van der Waals surface area contributed by atoms with Crippen molar-refractivity contribution in [2.75, 3.05) is 11.9 Å². The van der Waals surface area contributed by atoms with Crippen molar-refractivity contribution in [2.45, 2.75) is 62.1 Å². The Morgan fingerprint density at radius 3 is 2.84 bits per heavy atom. The van der Waals surface area contributed by atoms with Crippen LogP contribution >= 0.6 is 15.9 Å². The van der Waals surface area contributed by atoms with Gasteiger partial charge in [0.05, 0.1) is 12.1 Å². The van der Waals surface area contributed by atoms with Crippen molar-refractivity contribution in [1.82, 2.24) is 4.90 Å². The number of aliphatic hydroxyl groups excluding tert-OH is 2. The van der Waals surface area contributed by atoms with E-state index in [9.17, 15) is 10.2 Å². The first-order valence-corrected chi connectivity index (χ1v) is 10.5. The molecule has 1 aliphatic carbocycles. The fourth-order valence-electron chi connectivity index (χ4n) is 7.89. The van der Waals surface area contributed by atoms with Crippen LogP contribution in [-0.4, -0.2) is 52.6 Å². The van der Waals surface area contributed by atoms with Crippen LogP contribution in [0.25, 0.3) is 0 Å². The topological polar surface area (TPSA) is 46.9 Å². The van der Waals surface area contributed by atoms with E-state index in [0.29, 0.717) is 29.8 Å². The highest BCUT2D eigenvalue weighted by molar-refractivity contribution is 9.10. The largest absolute Gasteiger partial charge is 0.392 e. The van der Waals surface area contributed by atoms with Crippen LogP contribution in [0.5, 0.6) is 0 Å². The zero-order chi connectivity index (χ0) is 17.2. The quantitative estimate of drug-likeness (QED) is 0.753. The number of nitrogens with zero attached hydrogens (tertiary/aromatic N) is 2. The van der Waals surface area contributed by atoms with Gasteiger partial charge in [-0.1, -0.05) is 22.9 Å². The molecule has 0 aromatic heterocycles. The predicted octanol–water partition coefficient (Wildman–Crippen LogP) is 2.32. The van der Waals surface area contributed by atoms with Gasteiger partial charge in [-0.2, -0.15) is 0 Å². The summed E-state index contributed by atoms with van der Waals surface area (Å²) < 4.78 is 1.10. The molecule has 10 atom stereocenters. The maximum absolute atomic E-state index is 11.7. The number of piperidine rings is 4. The zero-order valence-corrected chi connectivity index (χ0v) is 16.2. The molecule has 0 amide bonds. The van der Waals surface area contributed by atoms with Crippen LogP contribution in [0.2, 0.25) is 0 Å². The van der Waals surface area contributed by atoms with Gasteiger partial charge in [0.2, 0.25) is 0 Å². The first-order valence-electron chi connectivity index (χ1n) is 9.67. The maximum Gasteiger partial charge on any atom is 0.111 e. The summed E-state index contributed by atoms with van der Waals surface area (Å²) in [7, 11) is 2.18. The Balaban J connectivity index is 1.59. The van der Waals surface area contributed by atoms with Crippen LogP contribution in [0, 0.1) is 17.8 Å². The van der Waals surface area contributed by atoms with Crippen molar-refractivity contribution in [1.29, 1.82) is 0 Å². The van der Waals surface area contributed by atoms with Crippen LogP contribution in [0.4, 0.5) is 5.69 Å². The van der Waals surface area contributed by atoms with E-state index in [4.69, 9.17) is 0 Å². The molecule has 5 bridgehead atoms. The molecular weight excluding hydrogens is 380 g/mol. The number of halogens is 1. The maximum atomic E-state index is 11.7. The third-order valence-electron chi connectivity index (χ3n) is 8.52. The summed E-state index contributed by atoms with van der Waals surface area (Å²) in [4.78, 5) is 4.82. The number of hydrogen-bond donors (Lipinski definition) is 2. The average Bonchev–Trinajstić information content (AvgIpc) is 2.96. The summed E-state index contributed by atoms with van der Waals surface area (Å²) in [5.41, 5.74) is 2.42. The number of aliphatic hydroxyl groups is 2. The lowest BCUT2D eigenvalue weighted by molar-refractivity contribution is -0.211. The highest BCUT2D eigenvalue weighted by atomic mass is 79.9. The monoisotopic (exact) mass is 404 g/mol. The normalized spacial score (nSPS) is 54.1. The van der Waals surface area contributed by atoms with E-state index >= 15 is 0 Å². The number of likely N-dealkylation sites (N-methyl/N-ethyl adjacent to an activating group) is 1. The summed E-state index contributed by atoms with van der Waals surface area (Å²) >= 11 is 3.65. The van der Waals surface area contributed by atoms with Gasteiger partial charge in [0.1, 0.15) is 6.23 Å². The molecule has 1 spiro atoms. The molecule has 1 saturated carbocycles. The van der Waals surface area contributed by atoms with Gasteiger partial charge in [-0.05, 0) is 48.9 Å². The third kappa shape index (κ3) is 1.47. The van der Waals surface area contributed by atoms with E-state index in [1.54, 1.807) is 0 Å². The molecule has 4 nitrogen and oxygen atoms in total. The van der Waals surface area contributed by atoms with Gasteiger partial charge in [0.15, 0.2) is 0 Å². The highest BCUT2D eigenvalue weighted by Crippen LogP contribution is 2.69. The number of benzene rings is 1. The second kappa shape index (κ2) is 4.61. The molecule has 0 radical (unpaired) electrons. The Morgan fingerprint density at radius 1 is 1.28 bits per heavy atom. The fourth-order valence-corrected chi connectivity index (χ4v) is 8.26. The van der Waals surface area contributed by atoms with E-state index < -0.39 is 0 Å². The lowest BCUT2D eigenvalue weighted by Crippen LogP contribution is -2.72. The van der Waals surface area contributed by atoms with Crippen molar-refractivity contribution in [3.05, 3.63) is 28.2 Å². The lowest BCUT2D eigenvalue weighted by Gasteiger charge is -2.62. The summed E-state index contributed by atoms with van der Waals surface area (Å²) in [5.74, 6) is 1.09. The molecule has 2 N–H and O–H groups in total. The Hall–Kier alpha value is -0.620. The molecule has 7 rings (SSSR count). The SMILES string of the molecule is CC[C@@H]1C2C[C@H]3[C@@H]4N(C)c5ccc(Br)cc5C45C[C@@H](C2[C@@H]5O)N3[C@H]1O. The minimum Gasteiger partial charge on any atom is -0.392 e. The van der Waals surface area contributed by atoms with Crippen molar-refractivity contribution >= 4 is 21.6 Å². The van der Waals surface area contributed by atoms with Crippen molar-refractivity contribution in [3.8, 4) is 0 Å². The molecule has 25 heavy (non-hydrogen) atoms. The molecule has 1 aromatic rings. The van der Waals surface area contributed by atoms with Gasteiger partial charge in [-0.15, -0.1) is 0 Å². The Kier molecular flexibility index (Phi) is 2.85. The standard InChI is InChI=1S/C20H25BrN2O2/c1-3-10-11-7-14-17-20(12-6-9(21)4-5-13(12)22(17)2)8-15(16(11)18(20)24)23(14)19(10)25/h4-6,10-11,14-19,24-25H,3,7-8H2,1-2H3/t10-,11?,14+,15+,16?,17+,18+,19+,20?/m1/s1. The summed E-state index contributed by atoms with van der Waals surface area (Å²) in [6.07, 6.45) is 2.47. The number of anilines is 1. The summed E-state index contributed by atoms with van der Waals surface area (Å²) in [5, 5.41) is 22.7. The Bertz CT molecular complexity index is 772. The number of rotatable bonds is 1. The van der Waals surface area contributed by atoms with E-state index in [0.717, 1.165) is 23.7 Å². The minimum absolute atomic E-state index is 0.165. The van der Waals surface area contributed by atoms with Gasteiger partial charge < -0.3 is 15.1 Å². The zero-order valence-electron chi connectivity index (χ0n) is 14.6. The Morgan fingerprint density at radius 2 is 2.08 bits per heavy atom. The number of fused-ring (bicyclic) bond motifs is 2. The van der Waals surface area contributed by atoms with Gasteiger partial charge in [0.25, 0.3) is 0 Å². The fraction of sp³-hybridized carbons (Fsp3) is 0.700. The van der Waals surface area contributed by atoms with E-state index in [2.05, 4.69) is 57.9 Å². The first-order chi connectivity index (χ1) is 12.0. The lowest BCUT2D eigenvalue weighted by atomic mass is 9.62. The smallest absolute Gasteiger partial charge is 0.111 e. The van der Waals surface area contributed by atoms with Crippen LogP contribution in [0.15, 0.2) is 22.7 Å². The molecule has 134 valence electrons. The molecule has 6 aliphatic rings. The highest BCUT2D eigenvalue weighted by Gasteiger charge is 2.76. The van der Waals surface area contributed by atoms with Crippen LogP contribution in [0.1, 0.15) is 31.7 Å². The van der Waals surface area contributed by atoms with E-state index in [1.807, 2.05) is 0 Å². The molecule has 4 unspecified atom stereocenters. The molecule has 5 heteroatoms. The van der Waals surface area contributed by atoms with Crippen molar-refractivity contribution in [3.63, 3.8) is 0 Å². The van der Waals surface area contributed by atoms with Crippen molar-refractivity contribution in [2.24, 2.45) is 17.8 Å². The molecule has 5 fully saturated rings. The van der Waals surface area contributed by atoms with Gasteiger partial charge in [0, 0.05) is 46.5 Å². The predicted molar refractivity (Wildman–Crippen MR) is 99.4 cm³/mol. The van der Waals surface area contributed by atoms with Crippen LogP contribution in [0.3, 0.4) is 0 Å². The molecule has 4 saturated heterocycles. The molecule has 1 aromatic carbocycles. The number of hydrogen-bond acceptors (Lipinski definition) is 4. The minimum atomic E-state index is -0.331. The first kappa shape index (κ1) is 15.4. The molecule has 5 aliphatic heterocycles. The van der Waals surface area contributed by atoms with Crippen molar-refractivity contribution < 1.29 is 10.2 Å². The van der Waals surface area contributed by atoms with E-state index in [1.165, 1.54) is 11.3 Å². The van der Waals surface area contributed by atoms with Gasteiger partial charge in [-0.25, -0.2) is 0 Å². The average molecular weight is 405 g/mol. The van der Waals surface area contributed by atoms with Gasteiger partial charge in [-0.3, -0.25) is 4.90 Å². The van der Waals surface area contributed by atoms with Crippen LogP contribution < -0.4 is 4.90 Å². The second-order valence-electron chi connectivity index (χ2n) is 8.95. The Labute approximate surface area is 156 Å². The molecular formula is C20H25BrN2O2. The van der Waals surface area contributed by atoms with Crippen LogP contribution in [-0.2, 0) is 5.41 Å².